The molecule has 32 heavy (non-hydrogen) atoms. The number of benzene rings is 3. The average molecular weight is 440 g/mol. The van der Waals surface area contributed by atoms with Gasteiger partial charge in [-0.05, 0) is 76.1 Å². The van der Waals surface area contributed by atoms with E-state index in [4.69, 9.17) is 4.98 Å². The van der Waals surface area contributed by atoms with Gasteiger partial charge in [0.1, 0.15) is 0 Å². The molecule has 1 nitrogen and oxygen atoms in total. The minimum atomic E-state index is 0.210. The number of rotatable bonds is 2. The van der Waals surface area contributed by atoms with E-state index in [1.54, 1.807) is 0 Å². The quantitative estimate of drug-likeness (QED) is 0.272. The molecule has 0 bridgehead atoms. The third kappa shape index (κ3) is 3.94. The number of fused-ring (bicyclic) bond motifs is 3. The van der Waals surface area contributed by atoms with Gasteiger partial charge in [0, 0.05) is 26.9 Å². The van der Waals surface area contributed by atoms with Gasteiger partial charge in [-0.2, -0.15) is 0 Å². The van der Waals surface area contributed by atoms with E-state index in [1.807, 2.05) is 18.0 Å². The molecule has 1 aliphatic heterocycles. The molecule has 0 saturated carbocycles. The minimum absolute atomic E-state index is 0.210. The second kappa shape index (κ2) is 7.35. The summed E-state index contributed by atoms with van der Waals surface area (Å²) in [5, 5.41) is 5.34. The van der Waals surface area contributed by atoms with Crippen molar-refractivity contribution in [1.29, 1.82) is 0 Å². The number of pyridine rings is 1. The van der Waals surface area contributed by atoms with Crippen LogP contribution in [-0.4, -0.2) is 4.98 Å². The molecule has 0 aliphatic carbocycles. The Bertz CT molecular complexity index is 1370. The van der Waals surface area contributed by atoms with Crippen molar-refractivity contribution >= 4 is 33.3 Å². The zero-order chi connectivity index (χ0) is 22.8. The molecule has 0 N–H and O–H groups in total. The Morgan fingerprint density at radius 1 is 0.812 bits per heavy atom. The van der Waals surface area contributed by atoms with Crippen LogP contribution in [0, 0.1) is 17.8 Å². The summed E-state index contributed by atoms with van der Waals surface area (Å²) >= 11 is 1.96. The lowest BCUT2D eigenvalue weighted by atomic mass is 9.84. The van der Waals surface area contributed by atoms with Crippen molar-refractivity contribution in [2.24, 2.45) is 10.8 Å². The number of nitrogens with zero attached hydrogens (tertiary/aromatic N) is 1. The summed E-state index contributed by atoms with van der Waals surface area (Å²) in [7, 11) is 0. The van der Waals surface area contributed by atoms with Crippen LogP contribution in [0.5, 0.6) is 0 Å². The van der Waals surface area contributed by atoms with Gasteiger partial charge in [-0.3, -0.25) is 4.98 Å². The van der Waals surface area contributed by atoms with Crippen molar-refractivity contribution in [1.82, 2.24) is 4.98 Å². The molecule has 1 aliphatic rings. The lowest BCUT2D eigenvalue weighted by Gasteiger charge is -2.28. The predicted molar refractivity (Wildman–Crippen MR) is 140 cm³/mol. The normalized spacial score (nSPS) is 13.6. The van der Waals surface area contributed by atoms with Crippen molar-refractivity contribution in [2.45, 2.75) is 71.1 Å². The fourth-order valence-corrected chi connectivity index (χ4v) is 6.35. The molecular formula is C30H33NS. The van der Waals surface area contributed by atoms with Gasteiger partial charge in [0.15, 0.2) is 0 Å². The van der Waals surface area contributed by atoms with Crippen molar-refractivity contribution in [3.05, 3.63) is 65.4 Å². The second-order valence-electron chi connectivity index (χ2n) is 11.9. The lowest BCUT2D eigenvalue weighted by molar-refractivity contribution is 0.410. The van der Waals surface area contributed by atoms with Crippen LogP contribution in [0.3, 0.4) is 0 Å². The van der Waals surface area contributed by atoms with Gasteiger partial charge >= 0.3 is 0 Å². The Morgan fingerprint density at radius 3 is 2.28 bits per heavy atom. The first-order valence-electron chi connectivity index (χ1n) is 11.6. The van der Waals surface area contributed by atoms with E-state index < -0.39 is 0 Å². The van der Waals surface area contributed by atoms with Crippen LogP contribution in [0.25, 0.3) is 32.8 Å². The summed E-state index contributed by atoms with van der Waals surface area (Å²) in [5.41, 5.74) is 7.12. The minimum Gasteiger partial charge on any atom is -0.256 e. The highest BCUT2D eigenvalue weighted by atomic mass is 32.2. The summed E-state index contributed by atoms with van der Waals surface area (Å²) in [6.07, 6.45) is 4.12. The highest BCUT2D eigenvalue weighted by Crippen LogP contribution is 2.51. The largest absolute Gasteiger partial charge is 0.256 e. The predicted octanol–water partition coefficient (Wildman–Crippen LogP) is 9.01. The number of hydrogen-bond donors (Lipinski definition) is 0. The molecule has 2 heterocycles. The Kier molecular flexibility index (Phi) is 4.94. The summed E-state index contributed by atoms with van der Waals surface area (Å²) in [5.74, 6) is 0. The maximum Gasteiger partial charge on any atom is 0.0803 e. The fraction of sp³-hybridized carbons (Fsp3) is 0.367. The molecule has 5 rings (SSSR count). The number of aromatic nitrogens is 1. The Morgan fingerprint density at radius 2 is 1.56 bits per heavy atom. The van der Waals surface area contributed by atoms with Crippen LogP contribution >= 0.6 is 11.8 Å². The van der Waals surface area contributed by atoms with Crippen molar-refractivity contribution < 1.29 is 0 Å². The van der Waals surface area contributed by atoms with Gasteiger partial charge in [-0.1, -0.05) is 83.1 Å². The maximum atomic E-state index is 4.94. The van der Waals surface area contributed by atoms with Crippen LogP contribution < -0.4 is 0 Å². The molecule has 0 saturated heterocycles. The number of hydrogen-bond acceptors (Lipinski definition) is 2. The summed E-state index contributed by atoms with van der Waals surface area (Å²) < 4.78 is 0. The van der Waals surface area contributed by atoms with Gasteiger partial charge < -0.3 is 0 Å². The van der Waals surface area contributed by atoms with E-state index >= 15 is 0 Å². The van der Waals surface area contributed by atoms with Crippen molar-refractivity contribution in [2.75, 3.05) is 0 Å². The van der Waals surface area contributed by atoms with E-state index in [-0.39, 0.29) is 10.8 Å². The SMILES string of the molecule is Cc1ccc2c(CC(C)(C)C)c3c(cc2c1)-c1nccc2cc(CC(C)(C)C)cc(c12)S3. The summed E-state index contributed by atoms with van der Waals surface area (Å²) in [6, 6.07) is 16.3. The van der Waals surface area contributed by atoms with Crippen molar-refractivity contribution in [3.8, 4) is 11.3 Å². The van der Waals surface area contributed by atoms with Crippen LogP contribution in [0.15, 0.2) is 58.5 Å². The smallest absolute Gasteiger partial charge is 0.0803 e. The van der Waals surface area contributed by atoms with Gasteiger partial charge in [0.2, 0.25) is 0 Å². The highest BCUT2D eigenvalue weighted by molar-refractivity contribution is 7.99. The average Bonchev–Trinajstić information content (AvgIpc) is 2.66. The first kappa shape index (κ1) is 21.5. The van der Waals surface area contributed by atoms with Gasteiger partial charge in [-0.25, -0.2) is 0 Å². The zero-order valence-corrected chi connectivity index (χ0v) is 21.2. The zero-order valence-electron chi connectivity index (χ0n) is 20.4. The molecule has 1 aromatic heterocycles. The van der Waals surface area contributed by atoms with Crippen molar-refractivity contribution in [3.63, 3.8) is 0 Å². The molecule has 3 aromatic carbocycles. The Labute approximate surface area is 196 Å². The molecule has 0 radical (unpaired) electrons. The third-order valence-electron chi connectivity index (χ3n) is 6.15. The summed E-state index contributed by atoms with van der Waals surface area (Å²) in [6.45, 7) is 16.2. The maximum absolute atomic E-state index is 4.94. The number of aryl methyl sites for hydroxylation is 1. The topological polar surface area (TPSA) is 12.9 Å². The molecule has 164 valence electrons. The Balaban J connectivity index is 1.81. The van der Waals surface area contributed by atoms with Crippen LogP contribution in [0.2, 0.25) is 0 Å². The molecule has 2 heteroatoms. The van der Waals surface area contributed by atoms with E-state index in [9.17, 15) is 0 Å². The van der Waals surface area contributed by atoms with E-state index in [2.05, 4.69) is 90.9 Å². The second-order valence-corrected chi connectivity index (χ2v) is 12.9. The highest BCUT2D eigenvalue weighted by Gasteiger charge is 2.27. The van der Waals surface area contributed by atoms with Crippen LogP contribution in [0.4, 0.5) is 0 Å². The van der Waals surface area contributed by atoms with E-state index in [0.29, 0.717) is 0 Å². The third-order valence-corrected chi connectivity index (χ3v) is 7.36. The van der Waals surface area contributed by atoms with E-state index in [1.165, 1.54) is 53.6 Å². The fourth-order valence-electron chi connectivity index (χ4n) is 5.03. The van der Waals surface area contributed by atoms with Gasteiger partial charge in [0.25, 0.3) is 0 Å². The summed E-state index contributed by atoms with van der Waals surface area (Å²) in [4.78, 5) is 7.70. The molecule has 4 aromatic rings. The van der Waals surface area contributed by atoms with Crippen LogP contribution in [-0.2, 0) is 12.8 Å². The molecule has 0 spiro atoms. The van der Waals surface area contributed by atoms with Crippen LogP contribution in [0.1, 0.15) is 58.2 Å². The van der Waals surface area contributed by atoms with Gasteiger partial charge in [0.05, 0.1) is 5.69 Å². The molecule has 0 unspecified atom stereocenters. The Hall–Kier alpha value is -2.32. The molecular weight excluding hydrogens is 406 g/mol. The van der Waals surface area contributed by atoms with E-state index in [0.717, 1.165) is 18.5 Å². The molecule has 0 atom stereocenters. The molecule has 0 fully saturated rings. The van der Waals surface area contributed by atoms with Gasteiger partial charge in [-0.15, -0.1) is 0 Å². The first-order chi connectivity index (χ1) is 15.0. The standard InChI is InChI=1S/C30H33NS/c1-18-8-9-22-21(12-18)15-23-27-26-20(10-11-31-27)13-19(16-29(2,3)4)14-25(26)32-28(23)24(22)17-30(5,6)7/h8-15H,16-17H2,1-7H3. The first-order valence-corrected chi connectivity index (χ1v) is 12.5. The lowest BCUT2D eigenvalue weighted by Crippen LogP contribution is -2.12. The monoisotopic (exact) mass is 439 g/mol. The molecule has 0 amide bonds.